The SMILES string of the molecule is CCC[C@@H](N)C(=O)Nc1ccc(Cl)cc1C(=O)OC. The molecule has 0 aliphatic heterocycles. The first-order valence-electron chi connectivity index (χ1n) is 5.94. The predicted octanol–water partition coefficient (Wildman–Crippen LogP) is 2.19. The Morgan fingerprint density at radius 3 is 2.74 bits per heavy atom. The van der Waals surface area contributed by atoms with Crippen LogP contribution in [0.2, 0.25) is 5.02 Å². The van der Waals surface area contributed by atoms with Crippen molar-refractivity contribution >= 4 is 29.2 Å². The van der Waals surface area contributed by atoms with Crippen LogP contribution in [0.3, 0.4) is 0 Å². The quantitative estimate of drug-likeness (QED) is 0.812. The first-order chi connectivity index (χ1) is 8.99. The number of hydrogen-bond acceptors (Lipinski definition) is 4. The maximum atomic E-state index is 11.8. The third kappa shape index (κ3) is 4.22. The lowest BCUT2D eigenvalue weighted by molar-refractivity contribution is -0.117. The van der Waals surface area contributed by atoms with Crippen molar-refractivity contribution < 1.29 is 14.3 Å². The number of hydrogen-bond donors (Lipinski definition) is 2. The van der Waals surface area contributed by atoms with Gasteiger partial charge in [0.05, 0.1) is 24.4 Å². The summed E-state index contributed by atoms with van der Waals surface area (Å²) in [5.41, 5.74) is 6.25. The Kier molecular flexibility index (Phi) is 5.79. The van der Waals surface area contributed by atoms with Crippen LogP contribution in [0.4, 0.5) is 5.69 Å². The van der Waals surface area contributed by atoms with E-state index in [2.05, 4.69) is 10.1 Å². The van der Waals surface area contributed by atoms with Gasteiger partial charge in [0.25, 0.3) is 0 Å². The van der Waals surface area contributed by atoms with Crippen molar-refractivity contribution in [1.82, 2.24) is 0 Å². The maximum Gasteiger partial charge on any atom is 0.340 e. The summed E-state index contributed by atoms with van der Waals surface area (Å²) >= 11 is 5.82. The molecule has 1 rings (SSSR count). The Hall–Kier alpha value is -1.59. The predicted molar refractivity (Wildman–Crippen MR) is 74.3 cm³/mol. The fourth-order valence-corrected chi connectivity index (χ4v) is 1.74. The number of nitrogens with two attached hydrogens (primary N) is 1. The number of methoxy groups -OCH3 is 1. The molecule has 0 heterocycles. The second kappa shape index (κ2) is 7.11. The molecule has 6 heteroatoms. The number of nitrogens with one attached hydrogen (secondary N) is 1. The lowest BCUT2D eigenvalue weighted by atomic mass is 10.1. The molecule has 0 saturated heterocycles. The number of halogens is 1. The maximum absolute atomic E-state index is 11.8. The molecule has 0 unspecified atom stereocenters. The van der Waals surface area contributed by atoms with Crippen LogP contribution in [0.15, 0.2) is 18.2 Å². The number of carbonyl (C=O) groups is 2. The van der Waals surface area contributed by atoms with E-state index in [9.17, 15) is 9.59 Å². The highest BCUT2D eigenvalue weighted by Crippen LogP contribution is 2.21. The fourth-order valence-electron chi connectivity index (χ4n) is 1.57. The van der Waals surface area contributed by atoms with E-state index in [1.165, 1.54) is 13.2 Å². The summed E-state index contributed by atoms with van der Waals surface area (Å²) in [6, 6.07) is 3.96. The molecule has 3 N–H and O–H groups in total. The largest absolute Gasteiger partial charge is 0.465 e. The minimum atomic E-state index is -0.605. The highest BCUT2D eigenvalue weighted by atomic mass is 35.5. The van der Waals surface area contributed by atoms with Crippen molar-refractivity contribution in [2.45, 2.75) is 25.8 Å². The van der Waals surface area contributed by atoms with Crippen LogP contribution in [-0.4, -0.2) is 25.0 Å². The molecule has 0 fully saturated rings. The van der Waals surface area contributed by atoms with Gasteiger partial charge in [-0.15, -0.1) is 0 Å². The lowest BCUT2D eigenvalue weighted by Crippen LogP contribution is -2.35. The van der Waals surface area contributed by atoms with Crippen LogP contribution < -0.4 is 11.1 Å². The number of benzene rings is 1. The van der Waals surface area contributed by atoms with Gasteiger partial charge in [0.2, 0.25) is 5.91 Å². The Morgan fingerprint density at radius 1 is 1.47 bits per heavy atom. The molecule has 1 amide bonds. The third-order valence-electron chi connectivity index (χ3n) is 2.58. The number of carbonyl (C=O) groups excluding carboxylic acids is 2. The molecular formula is C13H17ClN2O3. The van der Waals surface area contributed by atoms with E-state index in [0.717, 1.165) is 6.42 Å². The van der Waals surface area contributed by atoms with Gasteiger partial charge in [0, 0.05) is 5.02 Å². The Bertz CT molecular complexity index is 477. The highest BCUT2D eigenvalue weighted by Gasteiger charge is 2.17. The van der Waals surface area contributed by atoms with E-state index in [1.54, 1.807) is 12.1 Å². The van der Waals surface area contributed by atoms with Crippen molar-refractivity contribution in [2.24, 2.45) is 5.73 Å². The van der Waals surface area contributed by atoms with Gasteiger partial charge in [-0.3, -0.25) is 4.79 Å². The molecule has 0 aliphatic carbocycles. The van der Waals surface area contributed by atoms with Crippen molar-refractivity contribution in [2.75, 3.05) is 12.4 Å². The summed E-state index contributed by atoms with van der Waals surface area (Å²) in [5.74, 6) is -0.906. The van der Waals surface area contributed by atoms with Crippen molar-refractivity contribution in [3.05, 3.63) is 28.8 Å². The summed E-state index contributed by atoms with van der Waals surface area (Å²) in [5, 5.41) is 3.00. The van der Waals surface area contributed by atoms with Crippen LogP contribution in [0.1, 0.15) is 30.1 Å². The van der Waals surface area contributed by atoms with Gasteiger partial charge >= 0.3 is 5.97 Å². The molecule has 1 aromatic carbocycles. The first-order valence-corrected chi connectivity index (χ1v) is 6.31. The summed E-state index contributed by atoms with van der Waals surface area (Å²) in [7, 11) is 1.26. The molecule has 0 spiro atoms. The molecule has 0 bridgehead atoms. The fraction of sp³-hybridized carbons (Fsp3) is 0.385. The van der Waals surface area contributed by atoms with Crippen LogP contribution >= 0.6 is 11.6 Å². The highest BCUT2D eigenvalue weighted by molar-refractivity contribution is 6.31. The van der Waals surface area contributed by atoms with E-state index in [4.69, 9.17) is 17.3 Å². The van der Waals surface area contributed by atoms with E-state index in [0.29, 0.717) is 17.1 Å². The van der Waals surface area contributed by atoms with Crippen molar-refractivity contribution in [3.8, 4) is 0 Å². The van der Waals surface area contributed by atoms with Crippen LogP contribution in [0.5, 0.6) is 0 Å². The topological polar surface area (TPSA) is 81.4 Å². The van der Waals surface area contributed by atoms with E-state index < -0.39 is 12.0 Å². The van der Waals surface area contributed by atoms with Gasteiger partial charge < -0.3 is 15.8 Å². The second-order valence-corrected chi connectivity index (χ2v) is 4.50. The van der Waals surface area contributed by atoms with Crippen molar-refractivity contribution in [1.29, 1.82) is 0 Å². The summed E-state index contributed by atoms with van der Waals surface area (Å²) in [6.07, 6.45) is 1.38. The number of rotatable bonds is 5. The molecule has 0 aliphatic rings. The molecule has 0 radical (unpaired) electrons. The molecule has 1 aromatic rings. The van der Waals surface area contributed by atoms with Gasteiger partial charge in [-0.25, -0.2) is 4.79 Å². The minimum Gasteiger partial charge on any atom is -0.465 e. The molecular weight excluding hydrogens is 268 g/mol. The Morgan fingerprint density at radius 2 is 2.16 bits per heavy atom. The van der Waals surface area contributed by atoms with Crippen LogP contribution in [0, 0.1) is 0 Å². The molecule has 104 valence electrons. The van der Waals surface area contributed by atoms with E-state index in [1.807, 2.05) is 6.92 Å². The van der Waals surface area contributed by atoms with Gasteiger partial charge in [-0.2, -0.15) is 0 Å². The molecule has 1 atom stereocenters. The minimum absolute atomic E-state index is 0.201. The van der Waals surface area contributed by atoms with Gasteiger partial charge in [-0.05, 0) is 24.6 Å². The normalized spacial score (nSPS) is 11.8. The zero-order valence-corrected chi connectivity index (χ0v) is 11.7. The van der Waals surface area contributed by atoms with Crippen molar-refractivity contribution in [3.63, 3.8) is 0 Å². The van der Waals surface area contributed by atoms with Gasteiger partial charge in [-0.1, -0.05) is 24.9 Å². The summed E-state index contributed by atoms with van der Waals surface area (Å²) in [4.78, 5) is 23.4. The van der Waals surface area contributed by atoms with Gasteiger partial charge in [0.1, 0.15) is 0 Å². The lowest BCUT2D eigenvalue weighted by Gasteiger charge is -2.13. The van der Waals surface area contributed by atoms with Crippen LogP contribution in [0.25, 0.3) is 0 Å². The molecule has 0 aromatic heterocycles. The number of ether oxygens (including phenoxy) is 1. The number of anilines is 1. The monoisotopic (exact) mass is 284 g/mol. The third-order valence-corrected chi connectivity index (χ3v) is 2.82. The zero-order valence-electron chi connectivity index (χ0n) is 10.9. The number of amides is 1. The zero-order chi connectivity index (χ0) is 14.4. The summed E-state index contributed by atoms with van der Waals surface area (Å²) in [6.45, 7) is 1.94. The van der Waals surface area contributed by atoms with Gasteiger partial charge in [0.15, 0.2) is 0 Å². The Labute approximate surface area is 117 Å². The average Bonchev–Trinajstić information content (AvgIpc) is 2.40. The summed E-state index contributed by atoms with van der Waals surface area (Å²) < 4.78 is 4.64. The average molecular weight is 285 g/mol. The number of esters is 1. The first kappa shape index (κ1) is 15.5. The Balaban J connectivity index is 2.94. The molecule has 19 heavy (non-hydrogen) atoms. The van der Waals surface area contributed by atoms with E-state index in [-0.39, 0.29) is 11.5 Å². The standard InChI is InChI=1S/C13H17ClN2O3/c1-3-4-10(15)12(17)16-11-6-5-8(14)7-9(11)13(18)19-2/h5-7,10H,3-4,15H2,1-2H3,(H,16,17)/t10-/m1/s1. The van der Waals surface area contributed by atoms with Crippen LogP contribution in [-0.2, 0) is 9.53 Å². The molecule has 5 nitrogen and oxygen atoms in total. The molecule has 0 saturated carbocycles. The second-order valence-electron chi connectivity index (χ2n) is 4.07. The van der Waals surface area contributed by atoms with E-state index >= 15 is 0 Å². The smallest absolute Gasteiger partial charge is 0.340 e.